The lowest BCUT2D eigenvalue weighted by Crippen LogP contribution is -2.38. The summed E-state index contributed by atoms with van der Waals surface area (Å²) in [7, 11) is 3.05. The lowest BCUT2D eigenvalue weighted by molar-refractivity contribution is -0.144. The van der Waals surface area contributed by atoms with Gasteiger partial charge in [0.1, 0.15) is 5.70 Å². The average Bonchev–Trinajstić information content (AvgIpc) is 2.81. The van der Waals surface area contributed by atoms with E-state index in [-0.39, 0.29) is 37.7 Å². The first-order valence-electron chi connectivity index (χ1n) is 10.6. The molecular formula is C25H30N2O6. The quantitative estimate of drug-likeness (QED) is 0.414. The van der Waals surface area contributed by atoms with Gasteiger partial charge in [-0.3, -0.25) is 14.4 Å². The fourth-order valence-electron chi connectivity index (χ4n) is 3.14. The molecule has 0 saturated carbocycles. The third-order valence-corrected chi connectivity index (χ3v) is 4.65. The van der Waals surface area contributed by atoms with Crippen molar-refractivity contribution in [1.29, 1.82) is 0 Å². The second-order valence-corrected chi connectivity index (χ2v) is 7.12. The normalized spacial score (nSPS) is 10.8. The number of benzene rings is 2. The average molecular weight is 455 g/mol. The third kappa shape index (κ3) is 7.99. The predicted octanol–water partition coefficient (Wildman–Crippen LogP) is 3.16. The van der Waals surface area contributed by atoms with E-state index >= 15 is 0 Å². The maximum Gasteiger partial charge on any atom is 0.307 e. The summed E-state index contributed by atoms with van der Waals surface area (Å²) in [6, 6.07) is 14.6. The van der Waals surface area contributed by atoms with Crippen molar-refractivity contribution in [3.63, 3.8) is 0 Å². The minimum atomic E-state index is -0.423. The minimum Gasteiger partial charge on any atom is -0.493 e. The zero-order valence-electron chi connectivity index (χ0n) is 19.4. The van der Waals surface area contributed by atoms with E-state index in [1.807, 2.05) is 30.3 Å². The van der Waals surface area contributed by atoms with Gasteiger partial charge in [0.25, 0.3) is 5.91 Å². The third-order valence-electron chi connectivity index (χ3n) is 4.65. The Labute approximate surface area is 194 Å². The van der Waals surface area contributed by atoms with Gasteiger partial charge in [-0.2, -0.15) is 0 Å². The Hall–Kier alpha value is -3.81. The fraction of sp³-hybridized carbons (Fsp3) is 0.320. The van der Waals surface area contributed by atoms with Crippen LogP contribution in [0.2, 0.25) is 0 Å². The summed E-state index contributed by atoms with van der Waals surface area (Å²) >= 11 is 0. The monoisotopic (exact) mass is 454 g/mol. The van der Waals surface area contributed by atoms with Crippen LogP contribution in [0.25, 0.3) is 6.08 Å². The van der Waals surface area contributed by atoms with E-state index in [9.17, 15) is 14.4 Å². The topological polar surface area (TPSA) is 94.2 Å². The van der Waals surface area contributed by atoms with Crippen molar-refractivity contribution >= 4 is 23.9 Å². The van der Waals surface area contributed by atoms with Gasteiger partial charge in [0, 0.05) is 20.0 Å². The van der Waals surface area contributed by atoms with Gasteiger partial charge in [0.05, 0.1) is 27.2 Å². The van der Waals surface area contributed by atoms with Crippen LogP contribution in [-0.4, -0.2) is 50.1 Å². The molecule has 8 heteroatoms. The lowest BCUT2D eigenvalue weighted by atomic mass is 10.1. The van der Waals surface area contributed by atoms with E-state index in [1.165, 1.54) is 26.0 Å². The summed E-state index contributed by atoms with van der Waals surface area (Å²) in [5.74, 6) is -0.173. The second kappa shape index (κ2) is 12.9. The number of rotatable bonds is 11. The molecule has 0 bridgehead atoms. The first kappa shape index (κ1) is 25.5. The van der Waals surface area contributed by atoms with Gasteiger partial charge in [-0.25, -0.2) is 0 Å². The molecule has 0 atom stereocenters. The molecule has 0 saturated heterocycles. The molecule has 176 valence electrons. The molecular weight excluding hydrogens is 424 g/mol. The highest BCUT2D eigenvalue weighted by atomic mass is 16.5. The molecule has 2 aromatic rings. The first-order chi connectivity index (χ1) is 15.9. The molecule has 1 N–H and O–H groups in total. The first-order valence-corrected chi connectivity index (χ1v) is 10.6. The maximum absolute atomic E-state index is 13.5. The van der Waals surface area contributed by atoms with Crippen LogP contribution in [0, 0.1) is 0 Å². The number of methoxy groups -OCH3 is 2. The zero-order valence-corrected chi connectivity index (χ0v) is 19.4. The van der Waals surface area contributed by atoms with Gasteiger partial charge < -0.3 is 24.4 Å². The van der Waals surface area contributed by atoms with Crippen molar-refractivity contribution in [3.05, 3.63) is 65.4 Å². The van der Waals surface area contributed by atoms with E-state index in [0.29, 0.717) is 17.1 Å². The molecule has 0 radical (unpaired) electrons. The van der Waals surface area contributed by atoms with Crippen LogP contribution in [0.5, 0.6) is 11.5 Å². The molecule has 2 rings (SSSR count). The van der Waals surface area contributed by atoms with Crippen molar-refractivity contribution in [2.75, 3.05) is 27.4 Å². The Kier molecular flexibility index (Phi) is 9.95. The molecule has 0 aliphatic carbocycles. The lowest BCUT2D eigenvalue weighted by Gasteiger charge is -2.24. The summed E-state index contributed by atoms with van der Waals surface area (Å²) in [6.07, 6.45) is 1.60. The molecule has 33 heavy (non-hydrogen) atoms. The standard InChI is InChI=1S/C25H30N2O6/c1-5-33-24(29)13-14-27(17-19-9-7-6-8-10-19)25(30)21(26-18(2)28)15-20-11-12-22(31-3)23(16-20)32-4/h6-12,15-16H,5,13-14,17H2,1-4H3,(H,26,28)/b21-15-. The predicted molar refractivity (Wildman–Crippen MR) is 124 cm³/mol. The molecule has 0 aliphatic rings. The second-order valence-electron chi connectivity index (χ2n) is 7.12. The summed E-state index contributed by atoms with van der Waals surface area (Å²) < 4.78 is 15.6. The van der Waals surface area contributed by atoms with Crippen molar-refractivity contribution in [3.8, 4) is 11.5 Å². The zero-order chi connectivity index (χ0) is 24.2. The highest BCUT2D eigenvalue weighted by molar-refractivity contribution is 6.01. The highest BCUT2D eigenvalue weighted by Crippen LogP contribution is 2.28. The Balaban J connectivity index is 2.38. The number of carbonyl (C=O) groups is 3. The Bertz CT molecular complexity index is 988. The van der Waals surface area contributed by atoms with Gasteiger partial charge in [-0.15, -0.1) is 0 Å². The van der Waals surface area contributed by atoms with Crippen LogP contribution in [-0.2, 0) is 25.7 Å². The molecule has 0 aromatic heterocycles. The molecule has 0 aliphatic heterocycles. The minimum absolute atomic E-state index is 0.0378. The molecule has 0 spiro atoms. The SMILES string of the molecule is CCOC(=O)CCN(Cc1ccccc1)C(=O)/C(=C/c1ccc(OC)c(OC)c1)NC(C)=O. The molecule has 2 aromatic carbocycles. The van der Waals surface area contributed by atoms with Gasteiger partial charge >= 0.3 is 5.97 Å². The van der Waals surface area contributed by atoms with Crippen molar-refractivity contribution < 1.29 is 28.6 Å². The van der Waals surface area contributed by atoms with Crippen LogP contribution in [0.3, 0.4) is 0 Å². The van der Waals surface area contributed by atoms with Crippen LogP contribution in [0.1, 0.15) is 31.4 Å². The number of ether oxygens (including phenoxy) is 3. The largest absolute Gasteiger partial charge is 0.493 e. The maximum atomic E-state index is 13.5. The molecule has 0 heterocycles. The Morgan fingerprint density at radius 1 is 1.00 bits per heavy atom. The van der Waals surface area contributed by atoms with E-state index in [1.54, 1.807) is 31.2 Å². The highest BCUT2D eigenvalue weighted by Gasteiger charge is 2.21. The van der Waals surface area contributed by atoms with Crippen LogP contribution in [0.15, 0.2) is 54.2 Å². The number of carbonyl (C=O) groups excluding carboxylic acids is 3. The Morgan fingerprint density at radius 2 is 1.70 bits per heavy atom. The molecule has 0 unspecified atom stereocenters. The number of hydrogen-bond donors (Lipinski definition) is 1. The molecule has 8 nitrogen and oxygen atoms in total. The summed E-state index contributed by atoms with van der Waals surface area (Å²) in [4.78, 5) is 38.8. The van der Waals surface area contributed by atoms with Gasteiger partial charge in [-0.05, 0) is 36.3 Å². The van der Waals surface area contributed by atoms with E-state index in [0.717, 1.165) is 5.56 Å². The van der Waals surface area contributed by atoms with E-state index in [4.69, 9.17) is 14.2 Å². The molecule has 2 amide bonds. The van der Waals surface area contributed by atoms with E-state index < -0.39 is 11.9 Å². The summed E-state index contributed by atoms with van der Waals surface area (Å²) in [6.45, 7) is 3.72. The van der Waals surface area contributed by atoms with Crippen molar-refractivity contribution in [1.82, 2.24) is 10.2 Å². The van der Waals surface area contributed by atoms with Gasteiger partial charge in [0.2, 0.25) is 5.91 Å². The van der Waals surface area contributed by atoms with Gasteiger partial charge in [0.15, 0.2) is 11.5 Å². The smallest absolute Gasteiger partial charge is 0.307 e. The number of esters is 1. The number of nitrogens with one attached hydrogen (secondary N) is 1. The summed E-state index contributed by atoms with van der Waals surface area (Å²) in [5, 5.41) is 2.62. The van der Waals surface area contributed by atoms with Crippen LogP contribution in [0.4, 0.5) is 0 Å². The molecule has 0 fully saturated rings. The van der Waals surface area contributed by atoms with Gasteiger partial charge in [-0.1, -0.05) is 36.4 Å². The van der Waals surface area contributed by atoms with Crippen LogP contribution < -0.4 is 14.8 Å². The van der Waals surface area contributed by atoms with Crippen molar-refractivity contribution in [2.45, 2.75) is 26.8 Å². The van der Waals surface area contributed by atoms with E-state index in [2.05, 4.69) is 5.32 Å². The Morgan fingerprint density at radius 3 is 2.30 bits per heavy atom. The fourth-order valence-corrected chi connectivity index (χ4v) is 3.14. The number of amides is 2. The van der Waals surface area contributed by atoms with Crippen LogP contribution >= 0.6 is 0 Å². The van der Waals surface area contributed by atoms with Crippen molar-refractivity contribution in [2.24, 2.45) is 0 Å². The number of hydrogen-bond acceptors (Lipinski definition) is 6. The number of nitrogens with zero attached hydrogens (tertiary/aromatic N) is 1. The summed E-state index contributed by atoms with van der Waals surface area (Å²) in [5.41, 5.74) is 1.60.